The summed E-state index contributed by atoms with van der Waals surface area (Å²) in [4.78, 5) is 24.6. The van der Waals surface area contributed by atoms with Crippen LogP contribution in [0.25, 0.3) is 0 Å². The second-order valence-electron chi connectivity index (χ2n) is 24.2. The second-order valence-corrected chi connectivity index (χ2v) is 24.2. The smallest absolute Gasteiger partial charge is 0.305 e. The van der Waals surface area contributed by atoms with Crippen LogP contribution in [-0.2, 0) is 14.3 Å². The Morgan fingerprint density at radius 2 is 0.633 bits per heavy atom. The standard InChI is InChI=1S/C73H137NO5/c1-3-5-7-9-11-13-15-17-19-21-23-24-25-26-27-28-30-33-37-41-45-49-53-57-61-65-71(76)70(69-75)74-72(77)66-62-58-54-50-46-42-38-34-31-29-32-36-40-44-48-52-56-60-64-68-79-73(78)67-63-59-55-51-47-43-39-35-22-20-18-16-14-12-10-8-6-4-2/h14,16,20,22,29,31,61,65,70-71,75-76H,3-13,15,17-19,21,23-28,30,32-60,62-64,66-69H2,1-2H3,(H,74,77)/b16-14-,22-20-,31-29-,65-61+. The van der Waals surface area contributed by atoms with Crippen molar-refractivity contribution < 1.29 is 24.5 Å². The third-order valence-corrected chi connectivity index (χ3v) is 16.3. The molecule has 0 heterocycles. The summed E-state index contributed by atoms with van der Waals surface area (Å²) in [5.41, 5.74) is 0. The maximum absolute atomic E-state index is 12.5. The van der Waals surface area contributed by atoms with Gasteiger partial charge in [-0.05, 0) is 89.9 Å². The van der Waals surface area contributed by atoms with Crippen molar-refractivity contribution in [1.29, 1.82) is 0 Å². The molecule has 0 aliphatic carbocycles. The van der Waals surface area contributed by atoms with Crippen LogP contribution in [0.15, 0.2) is 48.6 Å². The number of unbranched alkanes of at least 4 members (excludes halogenated alkanes) is 49. The van der Waals surface area contributed by atoms with Crippen molar-refractivity contribution in [2.45, 2.75) is 392 Å². The summed E-state index contributed by atoms with van der Waals surface area (Å²) in [6.45, 7) is 4.90. The minimum atomic E-state index is -0.854. The first-order chi connectivity index (χ1) is 39.0. The number of ether oxygens (including phenoxy) is 1. The minimum Gasteiger partial charge on any atom is -0.466 e. The fraction of sp³-hybridized carbons (Fsp3) is 0.863. The number of esters is 1. The van der Waals surface area contributed by atoms with Gasteiger partial charge in [0.1, 0.15) is 0 Å². The molecule has 0 rings (SSSR count). The van der Waals surface area contributed by atoms with Crippen LogP contribution in [0.5, 0.6) is 0 Å². The molecule has 2 atom stereocenters. The van der Waals surface area contributed by atoms with E-state index in [0.717, 1.165) is 64.2 Å². The summed E-state index contributed by atoms with van der Waals surface area (Å²) >= 11 is 0. The van der Waals surface area contributed by atoms with Crippen molar-refractivity contribution in [3.8, 4) is 0 Å². The number of carbonyl (C=O) groups excluding carboxylic acids is 2. The van der Waals surface area contributed by atoms with Crippen LogP contribution in [0.1, 0.15) is 380 Å². The number of nitrogens with one attached hydrogen (secondary N) is 1. The number of amides is 1. The first-order valence-electron chi connectivity index (χ1n) is 35.4. The number of rotatable bonds is 66. The summed E-state index contributed by atoms with van der Waals surface area (Å²) in [5, 5.41) is 23.3. The molecule has 6 nitrogen and oxygen atoms in total. The maximum Gasteiger partial charge on any atom is 0.305 e. The zero-order valence-electron chi connectivity index (χ0n) is 53.1. The molecule has 0 aromatic rings. The van der Waals surface area contributed by atoms with Gasteiger partial charge in [-0.2, -0.15) is 0 Å². The van der Waals surface area contributed by atoms with Crippen molar-refractivity contribution in [3.63, 3.8) is 0 Å². The highest BCUT2D eigenvalue weighted by Crippen LogP contribution is 2.18. The van der Waals surface area contributed by atoms with Crippen molar-refractivity contribution in [2.24, 2.45) is 0 Å². The van der Waals surface area contributed by atoms with Crippen molar-refractivity contribution in [3.05, 3.63) is 48.6 Å². The Morgan fingerprint density at radius 3 is 0.987 bits per heavy atom. The number of allylic oxidation sites excluding steroid dienone is 7. The van der Waals surface area contributed by atoms with E-state index >= 15 is 0 Å². The van der Waals surface area contributed by atoms with E-state index in [4.69, 9.17) is 4.74 Å². The van der Waals surface area contributed by atoms with E-state index in [0.29, 0.717) is 19.4 Å². The van der Waals surface area contributed by atoms with Crippen LogP contribution >= 0.6 is 0 Å². The van der Waals surface area contributed by atoms with Crippen molar-refractivity contribution in [1.82, 2.24) is 5.32 Å². The number of aliphatic hydroxyl groups excluding tert-OH is 2. The SMILES string of the molecule is CCCCCC/C=C\C/C=C\CCCCCCCCCC(=O)OCCCCCCCCCC/C=C\CCCCCCCCCC(=O)NC(CO)C(O)/C=C/CCCCCCCCCCCCCCCCCCCCCCCCC. The topological polar surface area (TPSA) is 95.9 Å². The van der Waals surface area contributed by atoms with Gasteiger partial charge < -0.3 is 20.3 Å². The van der Waals surface area contributed by atoms with Gasteiger partial charge in [-0.3, -0.25) is 9.59 Å². The molecule has 0 fully saturated rings. The summed E-state index contributed by atoms with van der Waals surface area (Å²) in [7, 11) is 0. The van der Waals surface area contributed by atoms with Gasteiger partial charge in [-0.1, -0.05) is 326 Å². The fourth-order valence-corrected chi connectivity index (χ4v) is 10.9. The van der Waals surface area contributed by atoms with Gasteiger partial charge in [0.05, 0.1) is 25.4 Å². The molecule has 464 valence electrons. The molecule has 0 aromatic carbocycles. The van der Waals surface area contributed by atoms with E-state index in [-0.39, 0.29) is 18.5 Å². The van der Waals surface area contributed by atoms with E-state index < -0.39 is 12.1 Å². The lowest BCUT2D eigenvalue weighted by atomic mass is 10.0. The highest BCUT2D eigenvalue weighted by Gasteiger charge is 2.18. The summed E-state index contributed by atoms with van der Waals surface area (Å²) in [5.74, 6) is -0.0782. The maximum atomic E-state index is 12.5. The molecule has 0 spiro atoms. The first kappa shape index (κ1) is 76.8. The lowest BCUT2D eigenvalue weighted by Gasteiger charge is -2.20. The monoisotopic (exact) mass is 1110 g/mol. The van der Waals surface area contributed by atoms with Gasteiger partial charge in [0.25, 0.3) is 0 Å². The van der Waals surface area contributed by atoms with Gasteiger partial charge in [0, 0.05) is 12.8 Å². The van der Waals surface area contributed by atoms with E-state index in [9.17, 15) is 19.8 Å². The zero-order chi connectivity index (χ0) is 57.1. The molecular formula is C73H137NO5. The molecular weight excluding hydrogens is 971 g/mol. The molecule has 0 saturated heterocycles. The van der Waals surface area contributed by atoms with E-state index in [1.54, 1.807) is 6.08 Å². The Labute approximate surface area is 493 Å². The highest BCUT2D eigenvalue weighted by atomic mass is 16.5. The van der Waals surface area contributed by atoms with Crippen LogP contribution in [0.3, 0.4) is 0 Å². The van der Waals surface area contributed by atoms with Crippen LogP contribution in [0.4, 0.5) is 0 Å². The minimum absolute atomic E-state index is 0.00370. The Hall–Kier alpha value is -2.18. The Balaban J connectivity index is 3.46. The molecule has 0 aromatic heterocycles. The van der Waals surface area contributed by atoms with Gasteiger partial charge in [-0.25, -0.2) is 0 Å². The molecule has 1 amide bonds. The Kier molecular flexibility index (Phi) is 66.4. The van der Waals surface area contributed by atoms with Crippen LogP contribution in [-0.4, -0.2) is 47.4 Å². The molecule has 0 saturated carbocycles. The number of aliphatic hydroxyl groups is 2. The van der Waals surface area contributed by atoms with Crippen LogP contribution in [0, 0.1) is 0 Å². The molecule has 6 heteroatoms. The number of hydrogen-bond donors (Lipinski definition) is 3. The third kappa shape index (κ3) is 64.8. The molecule has 3 N–H and O–H groups in total. The van der Waals surface area contributed by atoms with Crippen LogP contribution < -0.4 is 5.32 Å². The first-order valence-corrected chi connectivity index (χ1v) is 35.4. The number of hydrogen-bond acceptors (Lipinski definition) is 5. The molecule has 0 aliphatic rings. The fourth-order valence-electron chi connectivity index (χ4n) is 10.9. The number of carbonyl (C=O) groups is 2. The molecule has 0 radical (unpaired) electrons. The quantitative estimate of drug-likeness (QED) is 0.0320. The van der Waals surface area contributed by atoms with Crippen LogP contribution in [0.2, 0.25) is 0 Å². The van der Waals surface area contributed by atoms with Gasteiger partial charge in [0.15, 0.2) is 0 Å². The normalized spacial score (nSPS) is 12.8. The summed E-state index contributed by atoms with van der Waals surface area (Å²) < 4.78 is 5.49. The van der Waals surface area contributed by atoms with E-state index in [1.807, 2.05) is 6.08 Å². The largest absolute Gasteiger partial charge is 0.466 e. The molecule has 2 unspecified atom stereocenters. The average molecular weight is 1110 g/mol. The summed E-state index contributed by atoms with van der Waals surface area (Å²) in [6.07, 6.45) is 88.9. The predicted octanol–water partition coefficient (Wildman–Crippen LogP) is 22.9. The molecule has 0 bridgehead atoms. The molecule has 79 heavy (non-hydrogen) atoms. The van der Waals surface area contributed by atoms with Crippen molar-refractivity contribution in [2.75, 3.05) is 13.2 Å². The lowest BCUT2D eigenvalue weighted by molar-refractivity contribution is -0.143. The summed E-state index contributed by atoms with van der Waals surface area (Å²) in [6, 6.07) is -0.638. The molecule has 0 aliphatic heterocycles. The second kappa shape index (κ2) is 68.3. The predicted molar refractivity (Wildman–Crippen MR) is 347 cm³/mol. The van der Waals surface area contributed by atoms with E-state index in [1.165, 1.54) is 289 Å². The lowest BCUT2D eigenvalue weighted by Crippen LogP contribution is -2.45. The van der Waals surface area contributed by atoms with Gasteiger partial charge >= 0.3 is 5.97 Å². The highest BCUT2D eigenvalue weighted by molar-refractivity contribution is 5.76. The zero-order valence-corrected chi connectivity index (χ0v) is 53.1. The van der Waals surface area contributed by atoms with E-state index in [2.05, 4.69) is 55.6 Å². The van der Waals surface area contributed by atoms with Gasteiger partial charge in [-0.15, -0.1) is 0 Å². The van der Waals surface area contributed by atoms with Crippen molar-refractivity contribution >= 4 is 11.9 Å². The van der Waals surface area contributed by atoms with Gasteiger partial charge in [0.2, 0.25) is 5.91 Å². The average Bonchev–Trinajstić information content (AvgIpc) is 3.45. The third-order valence-electron chi connectivity index (χ3n) is 16.3. The Morgan fingerprint density at radius 1 is 0.354 bits per heavy atom. The Bertz CT molecular complexity index is 1320.